The molecule has 0 bridgehead atoms. The second kappa shape index (κ2) is 5.78. The van der Waals surface area contributed by atoms with E-state index in [2.05, 4.69) is 18.2 Å². The average Bonchev–Trinajstić information content (AvgIpc) is 2.52. The molecular formula is C18H19ClFN. The van der Waals surface area contributed by atoms with Gasteiger partial charge in [-0.25, -0.2) is 4.39 Å². The highest BCUT2D eigenvalue weighted by molar-refractivity contribution is 6.30. The zero-order valence-electron chi connectivity index (χ0n) is 11.9. The van der Waals surface area contributed by atoms with Crippen LogP contribution in [0.1, 0.15) is 29.5 Å². The number of fused-ring (bicyclic) bond motifs is 1. The van der Waals surface area contributed by atoms with E-state index in [1.54, 1.807) is 12.1 Å². The zero-order valence-corrected chi connectivity index (χ0v) is 12.7. The zero-order chi connectivity index (χ0) is 14.9. The van der Waals surface area contributed by atoms with Crippen LogP contribution in [0.5, 0.6) is 0 Å². The first-order valence-corrected chi connectivity index (χ1v) is 7.75. The number of halogens is 2. The van der Waals surface area contributed by atoms with Gasteiger partial charge in [0.1, 0.15) is 5.82 Å². The van der Waals surface area contributed by atoms with Crippen molar-refractivity contribution < 1.29 is 4.39 Å². The molecule has 1 unspecified atom stereocenters. The Morgan fingerprint density at radius 3 is 2.76 bits per heavy atom. The lowest BCUT2D eigenvalue weighted by atomic mass is 9.67. The molecule has 0 aliphatic heterocycles. The van der Waals surface area contributed by atoms with Crippen LogP contribution in [-0.4, -0.2) is 6.54 Å². The van der Waals surface area contributed by atoms with Gasteiger partial charge in [0.25, 0.3) is 0 Å². The van der Waals surface area contributed by atoms with E-state index < -0.39 is 0 Å². The quantitative estimate of drug-likeness (QED) is 0.901. The molecule has 2 aromatic rings. The molecule has 1 nitrogen and oxygen atoms in total. The molecule has 0 saturated carbocycles. The number of nitrogens with two attached hydrogens (primary N) is 1. The molecule has 1 aliphatic carbocycles. The predicted octanol–water partition coefficient (Wildman–Crippen LogP) is 4.25. The summed E-state index contributed by atoms with van der Waals surface area (Å²) in [6.45, 7) is 0.524. The first-order valence-electron chi connectivity index (χ1n) is 7.38. The smallest absolute Gasteiger partial charge is 0.145 e. The summed E-state index contributed by atoms with van der Waals surface area (Å²) in [5, 5.41) is 0.184. The Balaban J connectivity index is 2.04. The third-order valence-electron chi connectivity index (χ3n) is 4.64. The predicted molar refractivity (Wildman–Crippen MR) is 85.2 cm³/mol. The minimum atomic E-state index is -0.310. The maximum absolute atomic E-state index is 14.3. The second-order valence-electron chi connectivity index (χ2n) is 5.88. The minimum absolute atomic E-state index is 0.180. The van der Waals surface area contributed by atoms with Crippen molar-refractivity contribution in [3.05, 3.63) is 70.0 Å². The van der Waals surface area contributed by atoms with E-state index in [0.717, 1.165) is 19.3 Å². The van der Waals surface area contributed by atoms with Gasteiger partial charge in [0, 0.05) is 12.0 Å². The summed E-state index contributed by atoms with van der Waals surface area (Å²) in [6, 6.07) is 13.6. The molecule has 3 rings (SSSR count). The van der Waals surface area contributed by atoms with Crippen LogP contribution in [-0.2, 0) is 18.3 Å². The lowest BCUT2D eigenvalue weighted by Crippen LogP contribution is -2.40. The third-order valence-corrected chi connectivity index (χ3v) is 4.93. The van der Waals surface area contributed by atoms with Crippen LogP contribution in [0, 0.1) is 5.82 Å². The fourth-order valence-electron chi connectivity index (χ4n) is 3.52. The van der Waals surface area contributed by atoms with Crippen molar-refractivity contribution in [2.45, 2.75) is 31.1 Å². The highest BCUT2D eigenvalue weighted by Gasteiger charge is 2.36. The highest BCUT2D eigenvalue weighted by Crippen LogP contribution is 2.40. The first-order chi connectivity index (χ1) is 10.2. The van der Waals surface area contributed by atoms with Crippen LogP contribution in [0.25, 0.3) is 0 Å². The van der Waals surface area contributed by atoms with E-state index in [9.17, 15) is 4.39 Å². The Kier molecular flexibility index (Phi) is 4.01. The highest BCUT2D eigenvalue weighted by atomic mass is 35.5. The monoisotopic (exact) mass is 303 g/mol. The molecule has 0 heterocycles. The second-order valence-corrected chi connectivity index (χ2v) is 6.29. The summed E-state index contributed by atoms with van der Waals surface area (Å²) in [5.74, 6) is -0.310. The molecule has 0 saturated heterocycles. The SMILES string of the molecule is NCC1(Cc2cccc(Cl)c2F)CCCc2ccccc21. The Bertz CT molecular complexity index is 655. The molecule has 1 atom stereocenters. The number of benzene rings is 2. The molecule has 3 heteroatoms. The van der Waals surface area contributed by atoms with E-state index in [4.69, 9.17) is 17.3 Å². The standard InChI is InChI=1S/C18H19ClFN/c19-16-9-3-6-14(17(16)20)11-18(12-21)10-4-7-13-5-1-2-8-15(13)18/h1-3,5-6,8-9H,4,7,10-12,21H2. The Morgan fingerprint density at radius 1 is 1.14 bits per heavy atom. The maximum atomic E-state index is 14.3. The summed E-state index contributed by atoms with van der Waals surface area (Å²) < 4.78 is 14.3. The van der Waals surface area contributed by atoms with E-state index in [-0.39, 0.29) is 16.3 Å². The summed E-state index contributed by atoms with van der Waals surface area (Å²) >= 11 is 5.91. The average molecular weight is 304 g/mol. The van der Waals surface area contributed by atoms with Crippen molar-refractivity contribution >= 4 is 11.6 Å². The van der Waals surface area contributed by atoms with Crippen molar-refractivity contribution in [2.24, 2.45) is 5.73 Å². The van der Waals surface area contributed by atoms with Crippen LogP contribution in [0.15, 0.2) is 42.5 Å². The van der Waals surface area contributed by atoms with E-state index >= 15 is 0 Å². The Labute approximate surface area is 129 Å². The summed E-state index contributed by atoms with van der Waals surface area (Å²) in [7, 11) is 0. The number of hydrogen-bond acceptors (Lipinski definition) is 1. The van der Waals surface area contributed by atoms with Gasteiger partial charge in [-0.2, -0.15) is 0 Å². The molecule has 0 radical (unpaired) electrons. The van der Waals surface area contributed by atoms with E-state index in [0.29, 0.717) is 18.5 Å². The van der Waals surface area contributed by atoms with Gasteiger partial charge in [-0.15, -0.1) is 0 Å². The van der Waals surface area contributed by atoms with Crippen molar-refractivity contribution in [2.75, 3.05) is 6.54 Å². The lowest BCUT2D eigenvalue weighted by Gasteiger charge is -2.38. The molecule has 0 fully saturated rings. The van der Waals surface area contributed by atoms with Crippen LogP contribution in [0.3, 0.4) is 0 Å². The topological polar surface area (TPSA) is 26.0 Å². The van der Waals surface area contributed by atoms with Gasteiger partial charge in [-0.1, -0.05) is 48.0 Å². The number of hydrogen-bond donors (Lipinski definition) is 1. The lowest BCUT2D eigenvalue weighted by molar-refractivity contribution is 0.361. The van der Waals surface area contributed by atoms with Gasteiger partial charge in [-0.3, -0.25) is 0 Å². The molecular weight excluding hydrogens is 285 g/mol. The van der Waals surface area contributed by atoms with Crippen molar-refractivity contribution in [1.82, 2.24) is 0 Å². The van der Waals surface area contributed by atoms with Crippen LogP contribution >= 0.6 is 11.6 Å². The van der Waals surface area contributed by atoms with Crippen LogP contribution in [0.4, 0.5) is 4.39 Å². The van der Waals surface area contributed by atoms with Crippen molar-refractivity contribution in [1.29, 1.82) is 0 Å². The van der Waals surface area contributed by atoms with Crippen molar-refractivity contribution in [3.63, 3.8) is 0 Å². The summed E-state index contributed by atoms with van der Waals surface area (Å²) in [4.78, 5) is 0. The molecule has 110 valence electrons. The van der Waals surface area contributed by atoms with Gasteiger partial charge < -0.3 is 5.73 Å². The van der Waals surface area contributed by atoms with E-state index in [1.165, 1.54) is 11.1 Å². The Hall–Kier alpha value is -1.38. The van der Waals surface area contributed by atoms with Gasteiger partial charge in [0.15, 0.2) is 0 Å². The van der Waals surface area contributed by atoms with Gasteiger partial charge in [0.2, 0.25) is 0 Å². The molecule has 1 aliphatic rings. The molecule has 0 aromatic heterocycles. The van der Waals surface area contributed by atoms with Gasteiger partial charge >= 0.3 is 0 Å². The summed E-state index contributed by atoms with van der Waals surface area (Å²) in [5.41, 5.74) is 9.23. The maximum Gasteiger partial charge on any atom is 0.145 e. The fourth-order valence-corrected chi connectivity index (χ4v) is 3.72. The van der Waals surface area contributed by atoms with E-state index in [1.807, 2.05) is 12.1 Å². The molecule has 2 N–H and O–H groups in total. The normalized spacial score (nSPS) is 21.1. The Morgan fingerprint density at radius 2 is 1.95 bits per heavy atom. The number of rotatable bonds is 3. The van der Waals surface area contributed by atoms with Gasteiger partial charge in [-0.05, 0) is 48.4 Å². The summed E-state index contributed by atoms with van der Waals surface area (Å²) in [6.07, 6.45) is 3.77. The minimum Gasteiger partial charge on any atom is -0.330 e. The molecule has 21 heavy (non-hydrogen) atoms. The van der Waals surface area contributed by atoms with Crippen LogP contribution in [0.2, 0.25) is 5.02 Å². The fraction of sp³-hybridized carbons (Fsp3) is 0.333. The first kappa shape index (κ1) is 14.6. The molecule has 0 amide bonds. The van der Waals surface area contributed by atoms with Crippen LogP contribution < -0.4 is 5.73 Å². The van der Waals surface area contributed by atoms with Crippen molar-refractivity contribution in [3.8, 4) is 0 Å². The molecule has 0 spiro atoms. The number of aryl methyl sites for hydroxylation is 1. The van der Waals surface area contributed by atoms with Gasteiger partial charge in [0.05, 0.1) is 5.02 Å². The molecule has 2 aromatic carbocycles. The largest absolute Gasteiger partial charge is 0.330 e. The third kappa shape index (κ3) is 2.58.